The van der Waals surface area contributed by atoms with E-state index in [0.29, 0.717) is 0 Å². The molecule has 0 aromatic heterocycles. The fourth-order valence-electron chi connectivity index (χ4n) is 0.657. The molecule has 0 unspecified atom stereocenters. The summed E-state index contributed by atoms with van der Waals surface area (Å²) < 4.78 is 0. The number of nitro groups is 1. The van der Waals surface area contributed by atoms with Gasteiger partial charge in [-0.25, -0.2) is 0 Å². The number of Topliss-reactive ketones (excluding diaryl/α,β-unsaturated/α-hetero) is 1. The monoisotopic (exact) mass is 155 g/mol. The normalized spacial score (nSPS) is 23.1. The second-order valence-electron chi connectivity index (χ2n) is 1.98. The average molecular weight is 155 g/mol. The van der Waals surface area contributed by atoms with Crippen LogP contribution in [0.25, 0.3) is 0 Å². The molecule has 0 aromatic carbocycles. The molecule has 0 spiro atoms. The molecule has 0 saturated carbocycles. The van der Waals surface area contributed by atoms with Crippen LogP contribution in [0.4, 0.5) is 0 Å². The summed E-state index contributed by atoms with van der Waals surface area (Å²) in [4.78, 5) is 23.7. The van der Waals surface area contributed by atoms with Gasteiger partial charge in [-0.05, 0) is 0 Å². The van der Waals surface area contributed by atoms with E-state index in [1.807, 2.05) is 0 Å². The van der Waals surface area contributed by atoms with Gasteiger partial charge in [0.25, 0.3) is 5.78 Å². The molecule has 1 heterocycles. The van der Waals surface area contributed by atoms with E-state index >= 15 is 0 Å². The van der Waals surface area contributed by atoms with Crippen LogP contribution in [0.1, 0.15) is 0 Å². The maximum atomic E-state index is 10.8. The number of rotatable bonds is 1. The second-order valence-corrected chi connectivity index (χ2v) is 1.98. The molecule has 1 atom stereocenters. The largest absolute Gasteiger partial charge is 0.394 e. The second kappa shape index (κ2) is 2.49. The van der Waals surface area contributed by atoms with Crippen molar-refractivity contribution in [3.63, 3.8) is 0 Å². The van der Waals surface area contributed by atoms with Crippen LogP contribution >= 0.6 is 0 Å². The summed E-state index contributed by atoms with van der Waals surface area (Å²) in [5, 5.41) is 10.1. The molecule has 0 aliphatic carbocycles. The number of aliphatic imine (C=N–C) groups is 1. The Labute approximate surface area is 61.6 Å². The molecule has 0 amide bonds. The maximum absolute atomic E-state index is 10.8. The Kier molecular flexibility index (Phi) is 1.67. The minimum absolute atomic E-state index is 0.172. The minimum atomic E-state index is -1.40. The van der Waals surface area contributed by atoms with Crippen LogP contribution in [0.2, 0.25) is 0 Å². The first-order chi connectivity index (χ1) is 5.13. The molecule has 0 saturated heterocycles. The van der Waals surface area contributed by atoms with Gasteiger partial charge in [-0.2, -0.15) is 0 Å². The number of nitrogens with zero attached hydrogens (tertiary/aromatic N) is 2. The highest BCUT2D eigenvalue weighted by atomic mass is 16.6. The molecule has 1 rings (SSSR count). The van der Waals surface area contributed by atoms with Gasteiger partial charge in [0.05, 0.1) is 12.4 Å². The van der Waals surface area contributed by atoms with Gasteiger partial charge in [0.15, 0.2) is 0 Å². The third kappa shape index (κ3) is 1.23. The first kappa shape index (κ1) is 7.39. The SMILES string of the molecule is NC1=CN=C[C@H]([N+](=O)[O-])C1=O. The quantitative estimate of drug-likeness (QED) is 0.391. The molecule has 58 valence electrons. The number of ketones is 1. The van der Waals surface area contributed by atoms with Crippen molar-refractivity contribution in [3.8, 4) is 0 Å². The Morgan fingerprint density at radius 3 is 2.82 bits per heavy atom. The Bertz CT molecular complexity index is 268. The number of carbonyl (C=O) groups is 1. The van der Waals surface area contributed by atoms with Crippen LogP contribution in [0.15, 0.2) is 16.9 Å². The number of hydrogen-bond donors (Lipinski definition) is 1. The molecule has 6 heteroatoms. The van der Waals surface area contributed by atoms with Gasteiger partial charge in [0, 0.05) is 4.92 Å². The zero-order valence-electron chi connectivity index (χ0n) is 5.43. The van der Waals surface area contributed by atoms with Gasteiger partial charge in [-0.15, -0.1) is 0 Å². The van der Waals surface area contributed by atoms with E-state index in [0.717, 1.165) is 12.4 Å². The van der Waals surface area contributed by atoms with Crippen LogP contribution in [0.3, 0.4) is 0 Å². The lowest BCUT2D eigenvalue weighted by Gasteiger charge is -2.05. The number of nitrogens with two attached hydrogens (primary N) is 1. The van der Waals surface area contributed by atoms with E-state index < -0.39 is 16.7 Å². The summed E-state index contributed by atoms with van der Waals surface area (Å²) >= 11 is 0. The third-order valence-corrected chi connectivity index (χ3v) is 1.22. The molecule has 0 aromatic rings. The molecule has 0 bridgehead atoms. The van der Waals surface area contributed by atoms with E-state index in [9.17, 15) is 14.9 Å². The van der Waals surface area contributed by atoms with Crippen LogP contribution in [-0.2, 0) is 4.79 Å². The summed E-state index contributed by atoms with van der Waals surface area (Å²) in [6, 6.07) is -1.40. The van der Waals surface area contributed by atoms with Crippen molar-refractivity contribution in [1.29, 1.82) is 0 Å². The highest BCUT2D eigenvalue weighted by Crippen LogP contribution is 2.01. The molecule has 0 fully saturated rings. The predicted molar refractivity (Wildman–Crippen MR) is 36.6 cm³/mol. The lowest BCUT2D eigenvalue weighted by atomic mass is 10.1. The van der Waals surface area contributed by atoms with Gasteiger partial charge in [-0.1, -0.05) is 0 Å². The Morgan fingerprint density at radius 2 is 2.36 bits per heavy atom. The molecule has 11 heavy (non-hydrogen) atoms. The predicted octanol–water partition coefficient (Wildman–Crippen LogP) is -0.915. The number of carbonyl (C=O) groups excluding carboxylic acids is 1. The highest BCUT2D eigenvalue weighted by molar-refractivity contribution is 6.08. The van der Waals surface area contributed by atoms with Crippen molar-refractivity contribution in [2.24, 2.45) is 10.7 Å². The summed E-state index contributed by atoms with van der Waals surface area (Å²) in [7, 11) is 0. The maximum Gasteiger partial charge on any atom is 0.311 e. The van der Waals surface area contributed by atoms with Crippen LogP contribution in [-0.4, -0.2) is 23.0 Å². The van der Waals surface area contributed by atoms with Crippen molar-refractivity contribution in [1.82, 2.24) is 0 Å². The molecule has 6 nitrogen and oxygen atoms in total. The standard InChI is InChI=1S/C5H5N3O3/c6-3-1-7-2-4(5(3)9)8(10)11/h1-2,4H,6H2/t4-/m0/s1. The third-order valence-electron chi connectivity index (χ3n) is 1.22. The molecule has 1 aliphatic rings. The van der Waals surface area contributed by atoms with Crippen LogP contribution < -0.4 is 5.73 Å². The van der Waals surface area contributed by atoms with Crippen molar-refractivity contribution in [2.75, 3.05) is 0 Å². The Balaban J connectivity index is 2.90. The fraction of sp³-hybridized carbons (Fsp3) is 0.200. The van der Waals surface area contributed by atoms with Gasteiger partial charge in [0.1, 0.15) is 5.70 Å². The summed E-state index contributed by atoms with van der Waals surface area (Å²) in [5.41, 5.74) is 4.93. The summed E-state index contributed by atoms with van der Waals surface area (Å²) in [6.07, 6.45) is 2.06. The topological polar surface area (TPSA) is 98.6 Å². The van der Waals surface area contributed by atoms with E-state index in [-0.39, 0.29) is 5.70 Å². The highest BCUT2D eigenvalue weighted by Gasteiger charge is 2.31. The van der Waals surface area contributed by atoms with Gasteiger partial charge in [0.2, 0.25) is 0 Å². The number of hydrogen-bond acceptors (Lipinski definition) is 5. The van der Waals surface area contributed by atoms with Gasteiger partial charge in [-0.3, -0.25) is 19.9 Å². The van der Waals surface area contributed by atoms with E-state index in [1.165, 1.54) is 0 Å². The van der Waals surface area contributed by atoms with Crippen LogP contribution in [0.5, 0.6) is 0 Å². The lowest BCUT2D eigenvalue weighted by Crippen LogP contribution is -2.36. The molecule has 1 aliphatic heterocycles. The lowest BCUT2D eigenvalue weighted by molar-refractivity contribution is -0.487. The fourth-order valence-corrected chi connectivity index (χ4v) is 0.657. The Hall–Kier alpha value is -1.72. The first-order valence-corrected chi connectivity index (χ1v) is 2.79. The summed E-state index contributed by atoms with van der Waals surface area (Å²) in [5.74, 6) is -0.704. The average Bonchev–Trinajstić information content (AvgIpc) is 1.94. The summed E-state index contributed by atoms with van der Waals surface area (Å²) in [6.45, 7) is 0. The molecular formula is C5H5N3O3. The van der Waals surface area contributed by atoms with Crippen molar-refractivity contribution in [3.05, 3.63) is 22.0 Å². The zero-order valence-corrected chi connectivity index (χ0v) is 5.43. The van der Waals surface area contributed by atoms with Crippen molar-refractivity contribution in [2.45, 2.75) is 6.04 Å². The van der Waals surface area contributed by atoms with E-state index in [1.54, 1.807) is 0 Å². The zero-order chi connectivity index (χ0) is 8.43. The Morgan fingerprint density at radius 1 is 1.73 bits per heavy atom. The first-order valence-electron chi connectivity index (χ1n) is 2.79. The molecule has 0 radical (unpaired) electrons. The van der Waals surface area contributed by atoms with Gasteiger partial charge < -0.3 is 5.73 Å². The van der Waals surface area contributed by atoms with E-state index in [2.05, 4.69) is 4.99 Å². The van der Waals surface area contributed by atoms with Gasteiger partial charge >= 0.3 is 6.04 Å². The van der Waals surface area contributed by atoms with Crippen molar-refractivity contribution < 1.29 is 9.72 Å². The van der Waals surface area contributed by atoms with E-state index in [4.69, 9.17) is 5.73 Å². The smallest absolute Gasteiger partial charge is 0.311 e. The van der Waals surface area contributed by atoms with Crippen LogP contribution in [0, 0.1) is 10.1 Å². The molecule has 2 N–H and O–H groups in total. The molecular weight excluding hydrogens is 150 g/mol. The van der Waals surface area contributed by atoms with Crippen molar-refractivity contribution >= 4 is 12.0 Å². The minimum Gasteiger partial charge on any atom is -0.394 e.